The van der Waals surface area contributed by atoms with Gasteiger partial charge in [0, 0.05) is 25.1 Å². The molecule has 0 unspecified atom stereocenters. The van der Waals surface area contributed by atoms with E-state index in [1.165, 1.54) is 29.6 Å². The number of nitrogens with zero attached hydrogens (tertiary/aromatic N) is 5. The first-order valence-electron chi connectivity index (χ1n) is 9.39. The lowest BCUT2D eigenvalue weighted by atomic mass is 10.1. The first-order chi connectivity index (χ1) is 14.4. The molecular formula is C21H21F2N5O2. The maximum atomic E-state index is 14.0. The number of rotatable bonds is 7. The van der Waals surface area contributed by atoms with Crippen molar-refractivity contribution in [2.45, 2.75) is 26.8 Å². The van der Waals surface area contributed by atoms with Crippen molar-refractivity contribution in [2.24, 2.45) is 0 Å². The fourth-order valence-electron chi connectivity index (χ4n) is 2.93. The van der Waals surface area contributed by atoms with Crippen LogP contribution in [0.4, 0.5) is 8.78 Å². The van der Waals surface area contributed by atoms with Crippen molar-refractivity contribution in [3.05, 3.63) is 65.7 Å². The normalized spacial score (nSPS) is 11.8. The van der Waals surface area contributed by atoms with Gasteiger partial charge in [0.15, 0.2) is 11.6 Å². The van der Waals surface area contributed by atoms with E-state index in [0.717, 1.165) is 12.3 Å². The van der Waals surface area contributed by atoms with E-state index in [1.54, 1.807) is 26.8 Å². The Balaban J connectivity index is 1.83. The van der Waals surface area contributed by atoms with Crippen molar-refractivity contribution in [3.8, 4) is 17.4 Å². The van der Waals surface area contributed by atoms with Crippen molar-refractivity contribution in [3.63, 3.8) is 0 Å². The van der Waals surface area contributed by atoms with Crippen LogP contribution in [0.5, 0.6) is 5.88 Å². The molecule has 3 heterocycles. The number of ether oxygens (including phenoxy) is 1. The van der Waals surface area contributed by atoms with E-state index >= 15 is 0 Å². The quantitative estimate of drug-likeness (QED) is 0.590. The van der Waals surface area contributed by atoms with Crippen LogP contribution in [0.2, 0.25) is 0 Å². The molecule has 1 amide bonds. The van der Waals surface area contributed by atoms with Gasteiger partial charge in [-0.25, -0.2) is 28.7 Å². The van der Waals surface area contributed by atoms with Crippen molar-refractivity contribution in [1.29, 1.82) is 0 Å². The molecule has 0 aliphatic rings. The number of hydrogen-bond acceptors (Lipinski definition) is 6. The zero-order valence-corrected chi connectivity index (χ0v) is 16.8. The molecular weight excluding hydrogens is 392 g/mol. The average molecular weight is 413 g/mol. The molecule has 0 radical (unpaired) electrons. The largest absolute Gasteiger partial charge is 0.473 e. The van der Waals surface area contributed by atoms with E-state index in [-0.39, 0.29) is 29.6 Å². The lowest BCUT2D eigenvalue weighted by Gasteiger charge is -2.28. The molecule has 0 aromatic carbocycles. The van der Waals surface area contributed by atoms with E-state index in [9.17, 15) is 13.6 Å². The maximum Gasteiger partial charge on any atom is 0.256 e. The number of amides is 1. The third-order valence-electron chi connectivity index (χ3n) is 4.40. The highest BCUT2D eigenvalue weighted by Crippen LogP contribution is 2.21. The van der Waals surface area contributed by atoms with Crippen LogP contribution < -0.4 is 4.74 Å². The summed E-state index contributed by atoms with van der Waals surface area (Å²) in [6, 6.07) is 3.61. The molecule has 30 heavy (non-hydrogen) atoms. The van der Waals surface area contributed by atoms with Gasteiger partial charge in [0.2, 0.25) is 5.88 Å². The van der Waals surface area contributed by atoms with E-state index in [0.29, 0.717) is 12.1 Å². The minimum atomic E-state index is -0.649. The lowest BCUT2D eigenvalue weighted by Crippen LogP contribution is -2.42. The average Bonchev–Trinajstić information content (AvgIpc) is 2.74. The molecule has 3 rings (SSSR count). The number of carbonyl (C=O) groups is 1. The van der Waals surface area contributed by atoms with Gasteiger partial charge in [-0.2, -0.15) is 0 Å². The van der Waals surface area contributed by atoms with Crippen molar-refractivity contribution >= 4 is 5.91 Å². The molecule has 9 heteroatoms. The van der Waals surface area contributed by atoms with Gasteiger partial charge in [-0.05, 0) is 44.5 Å². The van der Waals surface area contributed by atoms with Crippen LogP contribution in [-0.4, -0.2) is 49.9 Å². The smallest absolute Gasteiger partial charge is 0.256 e. The van der Waals surface area contributed by atoms with Crippen LogP contribution in [0.25, 0.3) is 11.5 Å². The number of hydrogen-bond donors (Lipinski definition) is 0. The van der Waals surface area contributed by atoms with Gasteiger partial charge in [0.05, 0.1) is 17.8 Å². The molecule has 3 aromatic heterocycles. The summed E-state index contributed by atoms with van der Waals surface area (Å²) in [6.07, 6.45) is 5.53. The molecule has 1 atom stereocenters. The number of carbonyl (C=O) groups excluding carboxylic acids is 1. The minimum absolute atomic E-state index is 0.00642. The summed E-state index contributed by atoms with van der Waals surface area (Å²) in [4.78, 5) is 30.8. The van der Waals surface area contributed by atoms with Gasteiger partial charge in [0.1, 0.15) is 18.1 Å². The van der Waals surface area contributed by atoms with Gasteiger partial charge in [0.25, 0.3) is 5.91 Å². The second-order valence-electron chi connectivity index (χ2n) is 6.67. The molecule has 0 fully saturated rings. The Labute approximate surface area is 172 Å². The molecule has 3 aromatic rings. The van der Waals surface area contributed by atoms with Crippen LogP contribution in [0.3, 0.4) is 0 Å². The highest BCUT2D eigenvalue weighted by molar-refractivity contribution is 5.99. The predicted molar refractivity (Wildman–Crippen MR) is 106 cm³/mol. The summed E-state index contributed by atoms with van der Waals surface area (Å²) >= 11 is 0. The molecule has 0 bridgehead atoms. The third-order valence-corrected chi connectivity index (χ3v) is 4.40. The Bertz CT molecular complexity index is 1030. The van der Waals surface area contributed by atoms with Crippen LogP contribution >= 0.6 is 0 Å². The van der Waals surface area contributed by atoms with Gasteiger partial charge in [-0.3, -0.25) is 4.79 Å². The molecule has 0 saturated carbocycles. The number of pyridine rings is 2. The van der Waals surface area contributed by atoms with Crippen LogP contribution in [0.1, 0.15) is 29.8 Å². The maximum absolute atomic E-state index is 14.0. The Kier molecular flexibility index (Phi) is 6.61. The van der Waals surface area contributed by atoms with E-state index in [4.69, 9.17) is 4.74 Å². The van der Waals surface area contributed by atoms with E-state index in [2.05, 4.69) is 19.9 Å². The number of likely N-dealkylation sites (N-methyl/N-ethyl adjacent to an activating group) is 1. The topological polar surface area (TPSA) is 81.1 Å². The Morgan fingerprint density at radius 2 is 1.87 bits per heavy atom. The monoisotopic (exact) mass is 413 g/mol. The molecule has 7 nitrogen and oxygen atoms in total. The summed E-state index contributed by atoms with van der Waals surface area (Å²) in [7, 11) is 0. The van der Waals surface area contributed by atoms with Crippen LogP contribution in [0, 0.1) is 18.6 Å². The Hall–Kier alpha value is -3.49. The lowest BCUT2D eigenvalue weighted by molar-refractivity contribution is 0.0643. The third kappa shape index (κ3) is 4.73. The summed E-state index contributed by atoms with van der Waals surface area (Å²) in [5.41, 5.74) is 0.891. The SMILES string of the molecule is CCN(C(=O)c1cc(F)cnc1-c1ncccn1)[C@@H](C)COc1ncc(C)cc1F. The second-order valence-corrected chi connectivity index (χ2v) is 6.67. The molecule has 0 saturated heterocycles. The first-order valence-corrected chi connectivity index (χ1v) is 9.39. The van der Waals surface area contributed by atoms with Crippen LogP contribution in [0.15, 0.2) is 43.0 Å². The highest BCUT2D eigenvalue weighted by atomic mass is 19.1. The second kappa shape index (κ2) is 9.34. The number of aryl methyl sites for hydroxylation is 1. The van der Waals surface area contributed by atoms with E-state index < -0.39 is 23.6 Å². The minimum Gasteiger partial charge on any atom is -0.473 e. The summed E-state index contributed by atoms with van der Waals surface area (Å²) in [6.45, 7) is 5.58. The summed E-state index contributed by atoms with van der Waals surface area (Å²) in [5, 5.41) is 0. The predicted octanol–water partition coefficient (Wildman–Crippen LogP) is 3.45. The number of halogens is 2. The summed E-state index contributed by atoms with van der Waals surface area (Å²) in [5.74, 6) is -1.60. The van der Waals surface area contributed by atoms with Crippen molar-refractivity contribution in [2.75, 3.05) is 13.2 Å². The summed E-state index contributed by atoms with van der Waals surface area (Å²) < 4.78 is 33.3. The van der Waals surface area contributed by atoms with Gasteiger partial charge < -0.3 is 9.64 Å². The Morgan fingerprint density at radius 3 is 2.53 bits per heavy atom. The van der Waals surface area contributed by atoms with E-state index in [1.807, 2.05) is 0 Å². The van der Waals surface area contributed by atoms with Crippen LogP contribution in [-0.2, 0) is 0 Å². The van der Waals surface area contributed by atoms with Crippen molar-refractivity contribution in [1.82, 2.24) is 24.8 Å². The zero-order chi connectivity index (χ0) is 21.7. The fraction of sp³-hybridized carbons (Fsp3) is 0.286. The molecule has 0 aliphatic heterocycles. The van der Waals surface area contributed by atoms with Gasteiger partial charge in [-0.1, -0.05) is 0 Å². The molecule has 0 spiro atoms. The molecule has 0 N–H and O–H groups in total. The Morgan fingerprint density at radius 1 is 1.13 bits per heavy atom. The number of aromatic nitrogens is 4. The van der Waals surface area contributed by atoms with Gasteiger partial charge in [-0.15, -0.1) is 0 Å². The molecule has 0 aliphatic carbocycles. The molecule has 156 valence electrons. The standard InChI is InChI=1S/C21H21F2N5O2/c1-4-28(14(3)12-30-20-17(23)8-13(2)10-27-20)21(29)16-9-15(22)11-26-18(16)19-24-6-5-7-25-19/h5-11,14H,4,12H2,1-3H3/t14-/m0/s1. The fourth-order valence-corrected chi connectivity index (χ4v) is 2.93. The van der Waals surface area contributed by atoms with Crippen molar-refractivity contribution < 1.29 is 18.3 Å². The van der Waals surface area contributed by atoms with Gasteiger partial charge >= 0.3 is 0 Å². The highest BCUT2D eigenvalue weighted by Gasteiger charge is 2.26. The first kappa shape index (κ1) is 21.2. The zero-order valence-electron chi connectivity index (χ0n) is 16.8.